The van der Waals surface area contributed by atoms with E-state index >= 15 is 0 Å². The predicted molar refractivity (Wildman–Crippen MR) is 98.0 cm³/mol. The maximum Gasteiger partial charge on any atom is 0.302 e. The molecular weight excluding hydrogens is 402 g/mol. The molecule has 0 aliphatic heterocycles. The van der Waals surface area contributed by atoms with Gasteiger partial charge in [-0.3, -0.25) is 19.6 Å². The van der Waals surface area contributed by atoms with E-state index in [-0.39, 0.29) is 23.5 Å². The molecule has 1 aromatic heterocycles. The van der Waals surface area contributed by atoms with E-state index in [9.17, 15) is 23.3 Å². The summed E-state index contributed by atoms with van der Waals surface area (Å²) in [6, 6.07) is 2.54. The fraction of sp³-hybridized carbons (Fsp3) is 0.286. The molecule has 0 bridgehead atoms. The second-order valence-electron chi connectivity index (χ2n) is 5.25. The molecule has 0 radical (unpaired) electrons. The molecule has 0 atom stereocenters. The van der Waals surface area contributed by atoms with Crippen LogP contribution in [0, 0.1) is 17.0 Å². The number of ether oxygens (including phenoxy) is 1. The van der Waals surface area contributed by atoms with Gasteiger partial charge in [-0.1, -0.05) is 11.8 Å². The van der Waals surface area contributed by atoms with E-state index in [2.05, 4.69) is 9.71 Å². The third-order valence-electron chi connectivity index (χ3n) is 2.90. The van der Waals surface area contributed by atoms with E-state index in [0.29, 0.717) is 9.24 Å². The minimum atomic E-state index is -3.63. The SMILES string of the molecule is CC(=O)OCc1cc(NS(C)(=O)=O)c(Sc2nc(C)cs2)cc1[N+](=O)[O-]. The zero-order chi connectivity index (χ0) is 19.5. The highest BCUT2D eigenvalue weighted by molar-refractivity contribution is 8.01. The molecule has 0 spiro atoms. The maximum atomic E-state index is 11.7. The third-order valence-corrected chi connectivity index (χ3v) is 5.60. The number of sulfonamides is 1. The fourth-order valence-corrected chi connectivity index (χ4v) is 4.44. The van der Waals surface area contributed by atoms with E-state index in [1.54, 1.807) is 6.92 Å². The molecule has 140 valence electrons. The van der Waals surface area contributed by atoms with Crippen LogP contribution >= 0.6 is 23.1 Å². The van der Waals surface area contributed by atoms with Gasteiger partial charge in [0.2, 0.25) is 10.0 Å². The van der Waals surface area contributed by atoms with E-state index in [1.165, 1.54) is 30.4 Å². The molecule has 9 nitrogen and oxygen atoms in total. The Morgan fingerprint density at radius 1 is 1.46 bits per heavy atom. The van der Waals surface area contributed by atoms with Gasteiger partial charge in [-0.2, -0.15) is 0 Å². The Kier molecular flexibility index (Phi) is 6.21. The minimum absolute atomic E-state index is 0.0796. The van der Waals surface area contributed by atoms with Crippen LogP contribution in [-0.2, 0) is 26.2 Å². The molecule has 1 heterocycles. The first-order valence-corrected chi connectivity index (χ1v) is 10.7. The Labute approximate surface area is 158 Å². The normalized spacial score (nSPS) is 11.2. The monoisotopic (exact) mass is 417 g/mol. The van der Waals surface area contributed by atoms with Gasteiger partial charge in [0.05, 0.1) is 22.4 Å². The number of esters is 1. The summed E-state index contributed by atoms with van der Waals surface area (Å²) in [6.45, 7) is 2.64. The number of anilines is 1. The predicted octanol–water partition coefficient (Wildman–Crippen LogP) is 2.95. The van der Waals surface area contributed by atoms with E-state index < -0.39 is 20.9 Å². The summed E-state index contributed by atoms with van der Waals surface area (Å²) >= 11 is 2.45. The van der Waals surface area contributed by atoms with Crippen molar-refractivity contribution in [3.8, 4) is 0 Å². The molecular formula is C14H15N3O6S3. The molecule has 0 saturated heterocycles. The van der Waals surface area contributed by atoms with Crippen molar-refractivity contribution < 1.29 is 22.9 Å². The Morgan fingerprint density at radius 3 is 2.65 bits per heavy atom. The van der Waals surface area contributed by atoms with Crippen LogP contribution in [0.25, 0.3) is 0 Å². The van der Waals surface area contributed by atoms with Gasteiger partial charge < -0.3 is 4.74 Å². The average Bonchev–Trinajstić information content (AvgIpc) is 2.90. The first kappa shape index (κ1) is 20.1. The number of nitro groups is 1. The molecule has 2 rings (SSSR count). The van der Waals surface area contributed by atoms with Crippen molar-refractivity contribution in [2.45, 2.75) is 29.7 Å². The molecule has 1 N–H and O–H groups in total. The number of rotatable bonds is 7. The van der Waals surface area contributed by atoms with Crippen LogP contribution in [0.5, 0.6) is 0 Å². The summed E-state index contributed by atoms with van der Waals surface area (Å²) in [5.41, 5.74) is 0.742. The van der Waals surface area contributed by atoms with Gasteiger partial charge in [0.15, 0.2) is 4.34 Å². The van der Waals surface area contributed by atoms with Gasteiger partial charge in [0.25, 0.3) is 5.69 Å². The van der Waals surface area contributed by atoms with Crippen molar-refractivity contribution in [3.05, 3.63) is 38.9 Å². The van der Waals surface area contributed by atoms with Crippen LogP contribution in [0.4, 0.5) is 11.4 Å². The molecule has 1 aromatic carbocycles. The van der Waals surface area contributed by atoms with Gasteiger partial charge >= 0.3 is 5.97 Å². The van der Waals surface area contributed by atoms with E-state index in [4.69, 9.17) is 4.74 Å². The zero-order valence-corrected chi connectivity index (χ0v) is 16.5. The number of nitrogens with zero attached hydrogens (tertiary/aromatic N) is 2. The summed E-state index contributed by atoms with van der Waals surface area (Å²) in [4.78, 5) is 26.4. The van der Waals surface area contributed by atoms with Crippen molar-refractivity contribution in [3.63, 3.8) is 0 Å². The summed E-state index contributed by atoms with van der Waals surface area (Å²) < 4.78 is 31.1. The molecule has 0 aliphatic carbocycles. The number of hydrogen-bond donors (Lipinski definition) is 1. The summed E-state index contributed by atoms with van der Waals surface area (Å²) in [6.07, 6.45) is 0.974. The topological polar surface area (TPSA) is 128 Å². The molecule has 26 heavy (non-hydrogen) atoms. The maximum absolute atomic E-state index is 11.7. The number of carbonyl (C=O) groups excluding carboxylic acids is 1. The van der Waals surface area contributed by atoms with Crippen LogP contribution in [-0.4, -0.2) is 30.6 Å². The number of aromatic nitrogens is 1. The van der Waals surface area contributed by atoms with Crippen LogP contribution < -0.4 is 4.72 Å². The van der Waals surface area contributed by atoms with Crippen LogP contribution in [0.3, 0.4) is 0 Å². The van der Waals surface area contributed by atoms with Gasteiger partial charge in [-0.05, 0) is 13.0 Å². The Balaban J connectivity index is 2.53. The molecule has 0 amide bonds. The largest absolute Gasteiger partial charge is 0.461 e. The molecule has 12 heteroatoms. The first-order chi connectivity index (χ1) is 12.0. The second kappa shape index (κ2) is 8.01. The molecule has 0 saturated carbocycles. The number of benzene rings is 1. The lowest BCUT2D eigenvalue weighted by Crippen LogP contribution is -2.12. The molecule has 0 aliphatic rings. The van der Waals surface area contributed by atoms with Crippen molar-refractivity contribution in [2.24, 2.45) is 0 Å². The lowest BCUT2D eigenvalue weighted by atomic mass is 10.1. The molecule has 0 fully saturated rings. The summed E-state index contributed by atoms with van der Waals surface area (Å²) in [5, 5.41) is 13.2. The number of hydrogen-bond acceptors (Lipinski definition) is 9. The Hall–Kier alpha value is -2.18. The summed E-state index contributed by atoms with van der Waals surface area (Å²) in [7, 11) is -3.63. The number of aryl methyl sites for hydroxylation is 1. The number of thiazole rings is 1. The van der Waals surface area contributed by atoms with Gasteiger partial charge in [-0.15, -0.1) is 11.3 Å². The zero-order valence-electron chi connectivity index (χ0n) is 14.0. The van der Waals surface area contributed by atoms with Crippen molar-refractivity contribution in [1.29, 1.82) is 0 Å². The van der Waals surface area contributed by atoms with Gasteiger partial charge in [0.1, 0.15) is 6.61 Å². The highest BCUT2D eigenvalue weighted by atomic mass is 32.2. The fourth-order valence-electron chi connectivity index (χ4n) is 1.92. The second-order valence-corrected chi connectivity index (χ2v) is 9.14. The molecule has 2 aromatic rings. The van der Waals surface area contributed by atoms with Gasteiger partial charge in [-0.25, -0.2) is 13.4 Å². The first-order valence-electron chi connectivity index (χ1n) is 7.07. The smallest absolute Gasteiger partial charge is 0.302 e. The minimum Gasteiger partial charge on any atom is -0.461 e. The lowest BCUT2D eigenvalue weighted by molar-refractivity contribution is -0.386. The number of nitrogens with one attached hydrogen (secondary N) is 1. The van der Waals surface area contributed by atoms with Gasteiger partial charge in [0, 0.05) is 29.0 Å². The number of carbonyl (C=O) groups is 1. The van der Waals surface area contributed by atoms with Crippen LogP contribution in [0.15, 0.2) is 26.7 Å². The average molecular weight is 417 g/mol. The molecule has 0 unspecified atom stereocenters. The standard InChI is InChI=1S/C14H15N3O6S3/c1-8-7-24-14(15-8)25-13-5-12(17(19)20)10(6-23-9(2)18)4-11(13)16-26(3,21)22/h4-5,7,16H,6H2,1-3H3. The van der Waals surface area contributed by atoms with Crippen LogP contribution in [0.1, 0.15) is 18.2 Å². The van der Waals surface area contributed by atoms with E-state index in [0.717, 1.165) is 23.7 Å². The summed E-state index contributed by atoms with van der Waals surface area (Å²) in [5.74, 6) is -0.603. The van der Waals surface area contributed by atoms with Crippen molar-refractivity contribution in [1.82, 2.24) is 4.98 Å². The quantitative estimate of drug-likeness (QED) is 0.414. The number of nitro benzene ring substituents is 1. The Bertz CT molecular complexity index is 955. The van der Waals surface area contributed by atoms with Crippen molar-refractivity contribution >= 4 is 50.5 Å². The Morgan fingerprint density at radius 2 is 2.15 bits per heavy atom. The highest BCUT2D eigenvalue weighted by Gasteiger charge is 2.22. The highest BCUT2D eigenvalue weighted by Crippen LogP contribution is 2.39. The van der Waals surface area contributed by atoms with E-state index in [1.807, 2.05) is 5.38 Å². The lowest BCUT2D eigenvalue weighted by Gasteiger charge is -2.12. The van der Waals surface area contributed by atoms with Crippen molar-refractivity contribution in [2.75, 3.05) is 11.0 Å². The van der Waals surface area contributed by atoms with Crippen LogP contribution in [0.2, 0.25) is 0 Å². The third kappa shape index (κ3) is 5.68.